The van der Waals surface area contributed by atoms with Crippen molar-refractivity contribution in [2.75, 3.05) is 0 Å². The van der Waals surface area contributed by atoms with Gasteiger partial charge in [0.2, 0.25) is 0 Å². The zero-order valence-electron chi connectivity index (χ0n) is 39.8. The molecule has 0 saturated carbocycles. The van der Waals surface area contributed by atoms with E-state index in [4.69, 9.17) is 15.0 Å². The van der Waals surface area contributed by atoms with Crippen LogP contribution >= 0.6 is 0 Å². The van der Waals surface area contributed by atoms with Gasteiger partial charge in [-0.05, 0) is 103 Å². The number of rotatable bonds is 10. The molecule has 0 N–H and O–H groups in total. The first kappa shape index (κ1) is 43.3. The molecule has 0 aliphatic rings. The number of hydrogen-bond donors (Lipinski definition) is 0. The smallest absolute Gasteiger partial charge is 0.164 e. The van der Waals surface area contributed by atoms with Crippen molar-refractivity contribution >= 4 is 21.8 Å². The van der Waals surface area contributed by atoms with Crippen LogP contribution < -0.4 is 0 Å². The Kier molecular flexibility index (Phi) is 11.2. The second-order valence-electron chi connectivity index (χ2n) is 18.4. The predicted octanol–water partition coefficient (Wildman–Crippen LogP) is 18.0. The lowest BCUT2D eigenvalue weighted by molar-refractivity contribution is 1.07. The lowest BCUT2D eigenvalue weighted by Crippen LogP contribution is -2.00. The van der Waals surface area contributed by atoms with Gasteiger partial charge in [0.15, 0.2) is 17.5 Å². The van der Waals surface area contributed by atoms with Crippen LogP contribution in [0.3, 0.4) is 0 Å². The number of nitrogens with zero attached hydrogens (tertiary/aromatic N) is 4. The number of aromatic nitrogens is 4. The molecule has 11 aromatic carbocycles. The summed E-state index contributed by atoms with van der Waals surface area (Å²) in [7, 11) is 0. The van der Waals surface area contributed by atoms with E-state index in [0.29, 0.717) is 17.5 Å². The summed E-state index contributed by atoms with van der Waals surface area (Å²) < 4.78 is 2.44. The predicted molar refractivity (Wildman–Crippen MR) is 303 cm³/mol. The van der Waals surface area contributed by atoms with E-state index in [2.05, 4.69) is 247 Å². The molecule has 0 radical (unpaired) electrons. The van der Waals surface area contributed by atoms with Gasteiger partial charge in [-0.2, -0.15) is 0 Å². The van der Waals surface area contributed by atoms with Crippen LogP contribution in [0.1, 0.15) is 0 Å². The largest absolute Gasteiger partial charge is 0.309 e. The maximum Gasteiger partial charge on any atom is 0.164 e. The Morgan fingerprint density at radius 3 is 0.973 bits per heavy atom. The molecule has 0 unspecified atom stereocenters. The Morgan fingerprint density at radius 2 is 0.534 bits per heavy atom. The first-order chi connectivity index (χ1) is 36.2. The highest BCUT2D eigenvalue weighted by atomic mass is 15.0. The van der Waals surface area contributed by atoms with Crippen molar-refractivity contribution < 1.29 is 0 Å². The number of fused-ring (bicyclic) bond motifs is 3. The summed E-state index contributed by atoms with van der Waals surface area (Å²) in [6.07, 6.45) is 0. The molecule has 0 spiro atoms. The first-order valence-electron chi connectivity index (χ1n) is 24.7. The number of benzene rings is 11. The molecule has 342 valence electrons. The Balaban J connectivity index is 0.934. The van der Waals surface area contributed by atoms with E-state index in [-0.39, 0.29) is 0 Å². The van der Waals surface area contributed by atoms with Crippen LogP contribution in [0.25, 0.3) is 128 Å². The minimum Gasteiger partial charge on any atom is -0.309 e. The van der Waals surface area contributed by atoms with Gasteiger partial charge in [-0.1, -0.05) is 243 Å². The highest BCUT2D eigenvalue weighted by Crippen LogP contribution is 2.43. The molecule has 2 heterocycles. The van der Waals surface area contributed by atoms with Crippen molar-refractivity contribution in [2.45, 2.75) is 0 Å². The summed E-state index contributed by atoms with van der Waals surface area (Å²) in [5, 5.41) is 2.41. The standard InChI is InChI=1S/C69H46N4/c1-6-16-47(17-7-1)50-26-28-52(29-27-50)53-38-41-61(42-39-53)73-64-43-40-59(49-20-10-3-11-21-49)44-63(64)66-62(55-22-12-4-13-23-55)45-60(46-65(66)73)54-32-36-58(37-33-54)69-71-67(56-24-14-5-15-25-56)70-68(72-69)57-34-30-51(31-35-57)48-18-8-2-9-19-48/h1-46H. The molecule has 0 amide bonds. The van der Waals surface area contributed by atoms with Gasteiger partial charge in [0, 0.05) is 33.2 Å². The third-order valence-electron chi connectivity index (χ3n) is 13.9. The summed E-state index contributed by atoms with van der Waals surface area (Å²) >= 11 is 0. The lowest BCUT2D eigenvalue weighted by Gasteiger charge is -2.13. The second-order valence-corrected chi connectivity index (χ2v) is 18.4. The molecule has 73 heavy (non-hydrogen) atoms. The quantitative estimate of drug-likeness (QED) is 0.137. The fraction of sp³-hybridized carbons (Fsp3) is 0. The summed E-state index contributed by atoms with van der Waals surface area (Å²) in [6.45, 7) is 0. The highest BCUT2D eigenvalue weighted by molar-refractivity contribution is 6.17. The van der Waals surface area contributed by atoms with Gasteiger partial charge in [-0.25, -0.2) is 15.0 Å². The summed E-state index contributed by atoms with van der Waals surface area (Å²) in [5.74, 6) is 1.88. The van der Waals surface area contributed by atoms with Crippen LogP contribution in [-0.2, 0) is 0 Å². The van der Waals surface area contributed by atoms with Gasteiger partial charge in [-0.15, -0.1) is 0 Å². The Hall–Kier alpha value is -9.77. The molecule has 0 aliphatic heterocycles. The maximum atomic E-state index is 5.11. The van der Waals surface area contributed by atoms with E-state index in [1.54, 1.807) is 0 Å². The molecular weight excluding hydrogens is 885 g/mol. The van der Waals surface area contributed by atoms with Crippen LogP contribution in [0, 0.1) is 0 Å². The van der Waals surface area contributed by atoms with E-state index in [0.717, 1.165) is 55.7 Å². The van der Waals surface area contributed by atoms with Crippen LogP contribution in [-0.4, -0.2) is 19.5 Å². The SMILES string of the molecule is c1ccc(-c2ccc(-c3ccc(-n4c5ccc(-c6ccccc6)cc5c5c(-c6ccccc6)cc(-c6ccc(-c7nc(-c8ccccc8)nc(-c8ccc(-c9ccccc9)cc8)n7)cc6)cc54)cc3)cc2)cc1. The molecule has 0 bridgehead atoms. The third kappa shape index (κ3) is 8.47. The highest BCUT2D eigenvalue weighted by Gasteiger charge is 2.20. The molecule has 0 fully saturated rings. The zero-order chi connectivity index (χ0) is 48.5. The monoisotopic (exact) mass is 930 g/mol. The molecule has 4 heteroatoms. The van der Waals surface area contributed by atoms with Crippen molar-refractivity contribution in [3.63, 3.8) is 0 Å². The summed E-state index contributed by atoms with van der Waals surface area (Å²) in [6, 6.07) is 99.3. The summed E-state index contributed by atoms with van der Waals surface area (Å²) in [4.78, 5) is 15.2. The molecular formula is C69H46N4. The van der Waals surface area contributed by atoms with Crippen LogP contribution in [0.5, 0.6) is 0 Å². The minimum atomic E-state index is 0.618. The lowest BCUT2D eigenvalue weighted by atomic mass is 9.93. The van der Waals surface area contributed by atoms with Gasteiger partial charge in [0.05, 0.1) is 11.0 Å². The van der Waals surface area contributed by atoms with Crippen molar-refractivity contribution in [3.05, 3.63) is 279 Å². The van der Waals surface area contributed by atoms with Gasteiger partial charge in [0.25, 0.3) is 0 Å². The molecule has 13 aromatic rings. The van der Waals surface area contributed by atoms with E-state index in [1.165, 1.54) is 55.3 Å². The van der Waals surface area contributed by atoms with Gasteiger partial charge in [-0.3, -0.25) is 0 Å². The van der Waals surface area contributed by atoms with Crippen molar-refractivity contribution in [2.24, 2.45) is 0 Å². The van der Waals surface area contributed by atoms with Crippen molar-refractivity contribution in [1.29, 1.82) is 0 Å². The minimum absolute atomic E-state index is 0.618. The zero-order valence-corrected chi connectivity index (χ0v) is 39.8. The van der Waals surface area contributed by atoms with Crippen molar-refractivity contribution in [3.8, 4) is 107 Å². The average molecular weight is 931 g/mol. The van der Waals surface area contributed by atoms with E-state index in [1.807, 2.05) is 36.4 Å². The van der Waals surface area contributed by atoms with Crippen LogP contribution in [0.15, 0.2) is 279 Å². The van der Waals surface area contributed by atoms with E-state index < -0.39 is 0 Å². The topological polar surface area (TPSA) is 43.6 Å². The second kappa shape index (κ2) is 18.9. The van der Waals surface area contributed by atoms with Crippen LogP contribution in [0.4, 0.5) is 0 Å². The van der Waals surface area contributed by atoms with E-state index >= 15 is 0 Å². The van der Waals surface area contributed by atoms with Gasteiger partial charge in [0.1, 0.15) is 0 Å². The molecule has 13 rings (SSSR count). The normalized spacial score (nSPS) is 11.3. The van der Waals surface area contributed by atoms with Crippen molar-refractivity contribution in [1.82, 2.24) is 19.5 Å². The molecule has 2 aromatic heterocycles. The van der Waals surface area contributed by atoms with E-state index in [9.17, 15) is 0 Å². The molecule has 4 nitrogen and oxygen atoms in total. The van der Waals surface area contributed by atoms with Crippen LogP contribution in [0.2, 0.25) is 0 Å². The third-order valence-corrected chi connectivity index (χ3v) is 13.9. The maximum absolute atomic E-state index is 5.11. The fourth-order valence-corrected chi connectivity index (χ4v) is 10.1. The summed E-state index contributed by atoms with van der Waals surface area (Å²) in [5.41, 5.74) is 20.1. The Morgan fingerprint density at radius 1 is 0.219 bits per heavy atom. The first-order valence-corrected chi connectivity index (χ1v) is 24.7. The molecule has 0 aliphatic carbocycles. The Labute approximate surface area is 424 Å². The van der Waals surface area contributed by atoms with Gasteiger partial charge >= 0.3 is 0 Å². The van der Waals surface area contributed by atoms with Gasteiger partial charge < -0.3 is 4.57 Å². The molecule has 0 saturated heterocycles. The average Bonchev–Trinajstić information content (AvgIpc) is 3.81. The Bertz CT molecular complexity index is 4040. The molecule has 0 atom stereocenters. The number of hydrogen-bond acceptors (Lipinski definition) is 3. The fourth-order valence-electron chi connectivity index (χ4n) is 10.1.